The van der Waals surface area contributed by atoms with Crippen molar-refractivity contribution in [3.8, 4) is 0 Å². The SMILES string of the molecule is CC(C)NCCOC(C)(C)OC(C)C.CCC.CCN(COC(C)(C)OC(C)C)C(C)C.CCN(OCOC(C)C)C(C)C. The topological polar surface area (TPSA) is 73.9 Å². The number of nitrogens with one attached hydrogen (secondary N) is 1. The predicted octanol–water partition coefficient (Wildman–Crippen LogP) is 8.46. The zero-order chi connectivity index (χ0) is 35.5. The molecule has 0 saturated carbocycles. The minimum absolute atomic E-state index is 0.189. The number of ether oxygens (including phenoxy) is 5. The lowest BCUT2D eigenvalue weighted by molar-refractivity contribution is -0.248. The van der Waals surface area contributed by atoms with E-state index in [4.69, 9.17) is 28.5 Å². The van der Waals surface area contributed by atoms with Crippen LogP contribution in [0, 0.1) is 0 Å². The standard InChI is InChI=1S/C12H27NO2.C11H25NO2.C9H21NO2.C3H8/c1-8-13(10(2)3)9-14-12(6,7)15-11(4)5;1-9(2)12-7-8-13-11(5,6)14-10(3)4;1-6-10(8(2)3)12-7-11-9(4)5;1-3-2/h10-11H,8-9H2,1-7H3;9-10,12H,7-8H2,1-6H3;8-9H,6-7H2,1-5H3;3H2,1-2H3. The molecule has 0 saturated heterocycles. The third kappa shape index (κ3) is 39.7. The molecule has 0 amide bonds. The molecular formula is C35H81N3O6. The van der Waals surface area contributed by atoms with Crippen molar-refractivity contribution in [1.82, 2.24) is 15.3 Å². The average molecular weight is 640 g/mol. The minimum Gasteiger partial charge on any atom is -0.351 e. The van der Waals surface area contributed by atoms with Crippen molar-refractivity contribution >= 4 is 0 Å². The number of rotatable bonds is 20. The monoisotopic (exact) mass is 640 g/mol. The van der Waals surface area contributed by atoms with Gasteiger partial charge in [0.2, 0.25) is 0 Å². The first-order chi connectivity index (χ1) is 20.1. The Kier molecular flexibility index (Phi) is 34.4. The smallest absolute Gasteiger partial charge is 0.167 e. The maximum Gasteiger partial charge on any atom is 0.167 e. The summed E-state index contributed by atoms with van der Waals surface area (Å²) in [7, 11) is 0. The van der Waals surface area contributed by atoms with Crippen molar-refractivity contribution < 1.29 is 28.5 Å². The minimum atomic E-state index is -0.503. The number of nitrogens with zero attached hydrogens (tertiary/aromatic N) is 2. The van der Waals surface area contributed by atoms with Gasteiger partial charge in [0, 0.05) is 31.2 Å². The van der Waals surface area contributed by atoms with Crippen molar-refractivity contribution in [3.05, 3.63) is 0 Å². The van der Waals surface area contributed by atoms with Gasteiger partial charge in [0.1, 0.15) is 6.73 Å². The summed E-state index contributed by atoms with van der Waals surface area (Å²) in [6.45, 7) is 45.5. The van der Waals surface area contributed by atoms with Crippen LogP contribution in [0.4, 0.5) is 0 Å². The molecule has 0 aliphatic carbocycles. The number of hydrogen-bond donors (Lipinski definition) is 1. The van der Waals surface area contributed by atoms with Crippen molar-refractivity contribution in [2.45, 2.75) is 193 Å². The first kappa shape index (κ1) is 50.5. The third-order valence-electron chi connectivity index (χ3n) is 5.37. The fourth-order valence-electron chi connectivity index (χ4n) is 3.53. The van der Waals surface area contributed by atoms with Gasteiger partial charge in [-0.05, 0) is 103 Å². The third-order valence-corrected chi connectivity index (χ3v) is 5.37. The molecule has 0 aliphatic rings. The van der Waals surface area contributed by atoms with Crippen molar-refractivity contribution in [1.29, 1.82) is 0 Å². The largest absolute Gasteiger partial charge is 0.351 e. The Bertz CT molecular complexity index is 585. The zero-order valence-corrected chi connectivity index (χ0v) is 33.3. The molecule has 0 fully saturated rings. The van der Waals surface area contributed by atoms with Crippen molar-refractivity contribution in [2.24, 2.45) is 0 Å². The molecule has 9 nitrogen and oxygen atoms in total. The van der Waals surface area contributed by atoms with Crippen LogP contribution in [0.15, 0.2) is 0 Å². The Morgan fingerprint density at radius 3 is 1.39 bits per heavy atom. The highest BCUT2D eigenvalue weighted by Gasteiger charge is 2.22. The molecule has 0 aromatic heterocycles. The molecule has 0 unspecified atom stereocenters. The first-order valence-electron chi connectivity index (χ1n) is 17.2. The van der Waals surface area contributed by atoms with Gasteiger partial charge in [-0.3, -0.25) is 9.74 Å². The second-order valence-corrected chi connectivity index (χ2v) is 13.4. The summed E-state index contributed by atoms with van der Waals surface area (Å²) in [5, 5.41) is 5.20. The summed E-state index contributed by atoms with van der Waals surface area (Å²) in [6.07, 6.45) is 1.87. The Hall–Kier alpha value is -0.360. The van der Waals surface area contributed by atoms with Crippen LogP contribution in [0.2, 0.25) is 0 Å². The van der Waals surface area contributed by atoms with Gasteiger partial charge in [0.25, 0.3) is 0 Å². The second-order valence-electron chi connectivity index (χ2n) is 13.4. The predicted molar refractivity (Wildman–Crippen MR) is 189 cm³/mol. The van der Waals surface area contributed by atoms with Gasteiger partial charge in [-0.15, -0.1) is 0 Å². The Labute approximate surface area is 276 Å². The molecule has 44 heavy (non-hydrogen) atoms. The summed E-state index contributed by atoms with van der Waals surface area (Å²) >= 11 is 0. The van der Waals surface area contributed by atoms with Gasteiger partial charge in [-0.25, -0.2) is 0 Å². The molecule has 272 valence electrons. The van der Waals surface area contributed by atoms with E-state index < -0.39 is 11.6 Å². The van der Waals surface area contributed by atoms with E-state index in [0.717, 1.165) is 19.6 Å². The fraction of sp³-hybridized carbons (Fsp3) is 1.00. The highest BCUT2D eigenvalue weighted by molar-refractivity contribution is 4.60. The van der Waals surface area contributed by atoms with E-state index in [0.29, 0.717) is 38.3 Å². The lowest BCUT2D eigenvalue weighted by Gasteiger charge is -2.32. The first-order valence-corrected chi connectivity index (χ1v) is 17.2. The lowest BCUT2D eigenvalue weighted by atomic mass is 10.3. The molecule has 0 aliphatic heterocycles. The molecule has 0 aromatic carbocycles. The highest BCUT2D eigenvalue weighted by atomic mass is 16.8. The van der Waals surface area contributed by atoms with Crippen molar-refractivity contribution in [2.75, 3.05) is 39.8 Å². The van der Waals surface area contributed by atoms with E-state index in [1.807, 2.05) is 74.3 Å². The van der Waals surface area contributed by atoms with Crippen LogP contribution in [0.1, 0.15) is 145 Å². The summed E-state index contributed by atoms with van der Waals surface area (Å²) in [4.78, 5) is 7.63. The Morgan fingerprint density at radius 2 is 1.07 bits per heavy atom. The van der Waals surface area contributed by atoms with E-state index in [1.54, 1.807) is 0 Å². The van der Waals surface area contributed by atoms with E-state index in [9.17, 15) is 0 Å². The summed E-state index contributed by atoms with van der Waals surface area (Å²) in [6, 6.07) is 1.42. The van der Waals surface area contributed by atoms with Gasteiger partial charge in [0.05, 0.1) is 24.9 Å². The number of hydroxylamine groups is 2. The quantitative estimate of drug-likeness (QED) is 0.0802. The molecule has 9 heteroatoms. The second kappa shape index (κ2) is 30.0. The molecule has 1 N–H and O–H groups in total. The van der Waals surface area contributed by atoms with E-state index >= 15 is 0 Å². The van der Waals surface area contributed by atoms with Crippen LogP contribution in [0.5, 0.6) is 0 Å². The normalized spacial score (nSPS) is 12.3. The Morgan fingerprint density at radius 1 is 0.614 bits per heavy atom. The molecular weight excluding hydrogens is 558 g/mol. The summed E-state index contributed by atoms with van der Waals surface area (Å²) < 4.78 is 27.9. The van der Waals surface area contributed by atoms with Crippen LogP contribution in [-0.2, 0) is 28.5 Å². The van der Waals surface area contributed by atoms with Crippen molar-refractivity contribution in [3.63, 3.8) is 0 Å². The van der Waals surface area contributed by atoms with Gasteiger partial charge < -0.3 is 29.0 Å². The van der Waals surface area contributed by atoms with E-state index in [1.165, 1.54) is 6.42 Å². The van der Waals surface area contributed by atoms with Crippen LogP contribution >= 0.6 is 0 Å². The maximum atomic E-state index is 5.76. The highest BCUT2D eigenvalue weighted by Crippen LogP contribution is 2.15. The number of hydrogen-bond acceptors (Lipinski definition) is 9. The van der Waals surface area contributed by atoms with Crippen LogP contribution in [-0.4, -0.2) is 97.7 Å². The van der Waals surface area contributed by atoms with Gasteiger partial charge >= 0.3 is 0 Å². The van der Waals surface area contributed by atoms with E-state index in [2.05, 4.69) is 79.5 Å². The van der Waals surface area contributed by atoms with E-state index in [-0.39, 0.29) is 18.3 Å². The molecule has 0 bridgehead atoms. The average Bonchev–Trinajstić information content (AvgIpc) is 2.84. The molecule has 0 atom stereocenters. The summed E-state index contributed by atoms with van der Waals surface area (Å²) in [5.41, 5.74) is 0. The summed E-state index contributed by atoms with van der Waals surface area (Å²) in [5.74, 6) is -0.983. The fourth-order valence-corrected chi connectivity index (χ4v) is 3.53. The molecule has 0 radical (unpaired) electrons. The zero-order valence-electron chi connectivity index (χ0n) is 33.3. The maximum absolute atomic E-state index is 5.76. The molecule has 0 heterocycles. The molecule has 0 spiro atoms. The van der Waals surface area contributed by atoms with Gasteiger partial charge in [-0.2, -0.15) is 5.06 Å². The molecule has 0 aromatic rings. The van der Waals surface area contributed by atoms with Crippen LogP contribution < -0.4 is 5.32 Å². The van der Waals surface area contributed by atoms with Gasteiger partial charge in [-0.1, -0.05) is 48.0 Å². The van der Waals surface area contributed by atoms with Gasteiger partial charge in [0.15, 0.2) is 18.4 Å². The molecule has 0 rings (SSSR count). The van der Waals surface area contributed by atoms with Crippen LogP contribution in [0.25, 0.3) is 0 Å². The van der Waals surface area contributed by atoms with Crippen LogP contribution in [0.3, 0.4) is 0 Å². The Balaban J connectivity index is -0.000000262. The lowest BCUT2D eigenvalue weighted by Crippen LogP contribution is -2.39.